The zero-order chi connectivity index (χ0) is 14.0. The number of methoxy groups -OCH3 is 2. The third-order valence-electron chi connectivity index (χ3n) is 2.69. The maximum absolute atomic E-state index is 11.8. The largest absolute Gasteiger partial charge is 0.469 e. The van der Waals surface area contributed by atoms with Crippen molar-refractivity contribution >= 4 is 11.9 Å². The highest BCUT2D eigenvalue weighted by molar-refractivity contribution is 5.81. The van der Waals surface area contributed by atoms with Gasteiger partial charge in [-0.05, 0) is 13.8 Å². The summed E-state index contributed by atoms with van der Waals surface area (Å²) in [4.78, 5) is 24.8. The molecule has 1 atom stereocenters. The third-order valence-corrected chi connectivity index (χ3v) is 2.69. The average molecular weight is 260 g/mol. The molecule has 6 nitrogen and oxygen atoms in total. The Morgan fingerprint density at radius 1 is 1.28 bits per heavy atom. The second kappa shape index (κ2) is 9.85. The minimum atomic E-state index is -0.287. The fraction of sp³-hybridized carbons (Fsp3) is 0.833. The van der Waals surface area contributed by atoms with Crippen molar-refractivity contribution in [2.75, 3.05) is 40.5 Å². The van der Waals surface area contributed by atoms with Crippen LogP contribution in [0.2, 0.25) is 0 Å². The molecule has 0 fully saturated rings. The van der Waals surface area contributed by atoms with Crippen molar-refractivity contribution in [3.05, 3.63) is 0 Å². The number of hydrogen-bond donors (Lipinski definition) is 1. The molecular formula is C12H24N2O4. The topological polar surface area (TPSA) is 67.9 Å². The molecule has 0 aliphatic rings. The highest BCUT2D eigenvalue weighted by Gasteiger charge is 2.21. The zero-order valence-electron chi connectivity index (χ0n) is 11.7. The average Bonchev–Trinajstić information content (AvgIpc) is 2.38. The van der Waals surface area contributed by atoms with E-state index in [1.165, 1.54) is 7.11 Å². The summed E-state index contributed by atoms with van der Waals surface area (Å²) in [7, 11) is 2.96. The van der Waals surface area contributed by atoms with Crippen LogP contribution < -0.4 is 5.32 Å². The van der Waals surface area contributed by atoms with Crippen LogP contribution in [0.4, 0.5) is 0 Å². The molecule has 0 aromatic rings. The molecule has 0 spiro atoms. The molecule has 1 N–H and O–H groups in total. The first-order valence-corrected chi connectivity index (χ1v) is 6.14. The quantitative estimate of drug-likeness (QED) is 0.592. The van der Waals surface area contributed by atoms with Crippen molar-refractivity contribution in [2.24, 2.45) is 0 Å². The van der Waals surface area contributed by atoms with Gasteiger partial charge in [0.2, 0.25) is 5.91 Å². The van der Waals surface area contributed by atoms with E-state index in [-0.39, 0.29) is 24.3 Å². The fourth-order valence-corrected chi connectivity index (χ4v) is 1.53. The number of rotatable bonds is 9. The van der Waals surface area contributed by atoms with Crippen LogP contribution in [0.5, 0.6) is 0 Å². The summed E-state index contributed by atoms with van der Waals surface area (Å²) in [6.07, 6.45) is 0.268. The van der Waals surface area contributed by atoms with Gasteiger partial charge in [-0.3, -0.25) is 14.5 Å². The number of likely N-dealkylation sites (N-methyl/N-ethyl adjacent to an activating group) is 1. The molecular weight excluding hydrogens is 236 g/mol. The van der Waals surface area contributed by atoms with Crippen LogP contribution in [0.3, 0.4) is 0 Å². The minimum Gasteiger partial charge on any atom is -0.469 e. The van der Waals surface area contributed by atoms with Gasteiger partial charge in [-0.15, -0.1) is 0 Å². The molecule has 0 heterocycles. The fourth-order valence-electron chi connectivity index (χ4n) is 1.53. The van der Waals surface area contributed by atoms with Crippen LogP contribution in [0.1, 0.15) is 20.3 Å². The van der Waals surface area contributed by atoms with Crippen LogP contribution in [0.25, 0.3) is 0 Å². The summed E-state index contributed by atoms with van der Waals surface area (Å²) < 4.78 is 9.60. The van der Waals surface area contributed by atoms with E-state index in [0.29, 0.717) is 26.2 Å². The van der Waals surface area contributed by atoms with Gasteiger partial charge in [0.25, 0.3) is 0 Å². The number of ether oxygens (including phenoxy) is 2. The molecule has 0 aromatic carbocycles. The van der Waals surface area contributed by atoms with Gasteiger partial charge < -0.3 is 14.8 Å². The van der Waals surface area contributed by atoms with Crippen molar-refractivity contribution in [2.45, 2.75) is 26.3 Å². The van der Waals surface area contributed by atoms with E-state index >= 15 is 0 Å². The van der Waals surface area contributed by atoms with Crippen molar-refractivity contribution < 1.29 is 19.1 Å². The second-order valence-corrected chi connectivity index (χ2v) is 3.93. The van der Waals surface area contributed by atoms with Crippen molar-refractivity contribution in [1.29, 1.82) is 0 Å². The molecule has 1 amide bonds. The molecule has 0 radical (unpaired) electrons. The third kappa shape index (κ3) is 6.56. The van der Waals surface area contributed by atoms with Crippen LogP contribution >= 0.6 is 0 Å². The Kier molecular flexibility index (Phi) is 9.22. The molecule has 0 bridgehead atoms. The van der Waals surface area contributed by atoms with Crippen LogP contribution in [-0.2, 0) is 19.1 Å². The van der Waals surface area contributed by atoms with Crippen LogP contribution in [-0.4, -0.2) is 63.3 Å². The van der Waals surface area contributed by atoms with E-state index in [1.807, 2.05) is 18.7 Å². The van der Waals surface area contributed by atoms with Crippen LogP contribution in [0, 0.1) is 0 Å². The zero-order valence-corrected chi connectivity index (χ0v) is 11.7. The van der Waals surface area contributed by atoms with Gasteiger partial charge in [0.1, 0.15) is 0 Å². The first-order chi connectivity index (χ1) is 8.56. The van der Waals surface area contributed by atoms with Gasteiger partial charge in [-0.25, -0.2) is 0 Å². The Balaban J connectivity index is 4.35. The molecule has 106 valence electrons. The lowest BCUT2D eigenvalue weighted by atomic mass is 10.2. The number of nitrogens with zero attached hydrogens (tertiary/aromatic N) is 1. The molecule has 0 aliphatic heterocycles. The summed E-state index contributed by atoms with van der Waals surface area (Å²) in [5, 5.41) is 2.77. The molecule has 0 aromatic heterocycles. The lowest BCUT2D eigenvalue weighted by molar-refractivity contribution is -0.141. The summed E-state index contributed by atoms with van der Waals surface area (Å²) in [5.74, 6) is -0.320. The summed E-state index contributed by atoms with van der Waals surface area (Å²) in [5.41, 5.74) is 0. The molecule has 6 heteroatoms. The number of carbonyl (C=O) groups excluding carboxylic acids is 2. The Morgan fingerprint density at radius 3 is 2.44 bits per heavy atom. The van der Waals surface area contributed by atoms with Crippen molar-refractivity contribution in [1.82, 2.24) is 10.2 Å². The highest BCUT2D eigenvalue weighted by Crippen LogP contribution is 2.02. The normalized spacial score (nSPS) is 12.3. The smallest absolute Gasteiger partial charge is 0.306 e. The lowest BCUT2D eigenvalue weighted by Crippen LogP contribution is -2.47. The predicted molar refractivity (Wildman–Crippen MR) is 68.2 cm³/mol. The van der Waals surface area contributed by atoms with Gasteiger partial charge in [-0.2, -0.15) is 0 Å². The first kappa shape index (κ1) is 16.9. The molecule has 18 heavy (non-hydrogen) atoms. The summed E-state index contributed by atoms with van der Waals surface area (Å²) in [6.45, 7) is 5.89. The number of esters is 1. The van der Waals surface area contributed by atoms with E-state index in [1.54, 1.807) is 7.11 Å². The van der Waals surface area contributed by atoms with Crippen LogP contribution in [0.15, 0.2) is 0 Å². The van der Waals surface area contributed by atoms with Gasteiger partial charge in [-0.1, -0.05) is 0 Å². The number of hydrogen-bond acceptors (Lipinski definition) is 5. The number of carbonyl (C=O) groups is 2. The molecule has 0 aliphatic carbocycles. The van der Waals surface area contributed by atoms with Crippen molar-refractivity contribution in [3.63, 3.8) is 0 Å². The van der Waals surface area contributed by atoms with E-state index in [2.05, 4.69) is 10.1 Å². The number of amides is 1. The summed E-state index contributed by atoms with van der Waals surface area (Å²) >= 11 is 0. The standard InChI is InChI=1S/C12H24N2O4/c1-5-13-12(16)10(2)14(8-9-17-3)7-6-11(15)18-4/h10H,5-9H2,1-4H3,(H,13,16). The first-order valence-electron chi connectivity index (χ1n) is 6.14. The molecule has 1 unspecified atom stereocenters. The van der Waals surface area contributed by atoms with Gasteiger partial charge in [0.05, 0.1) is 26.2 Å². The summed E-state index contributed by atoms with van der Waals surface area (Å²) in [6, 6.07) is -0.287. The maximum Gasteiger partial charge on any atom is 0.306 e. The second-order valence-electron chi connectivity index (χ2n) is 3.93. The monoisotopic (exact) mass is 260 g/mol. The maximum atomic E-state index is 11.8. The molecule has 0 saturated heterocycles. The van der Waals surface area contributed by atoms with E-state index < -0.39 is 0 Å². The van der Waals surface area contributed by atoms with E-state index in [4.69, 9.17) is 4.74 Å². The number of nitrogens with one attached hydrogen (secondary N) is 1. The molecule has 0 rings (SSSR count). The Bertz CT molecular complexity index is 258. The Morgan fingerprint density at radius 2 is 1.94 bits per heavy atom. The van der Waals surface area contributed by atoms with Crippen molar-refractivity contribution in [3.8, 4) is 0 Å². The Labute approximate surface area is 109 Å². The minimum absolute atomic E-state index is 0.0431. The van der Waals surface area contributed by atoms with E-state index in [9.17, 15) is 9.59 Å². The molecule has 0 saturated carbocycles. The highest BCUT2D eigenvalue weighted by atomic mass is 16.5. The van der Waals surface area contributed by atoms with E-state index in [0.717, 1.165) is 0 Å². The van der Waals surface area contributed by atoms with Gasteiger partial charge in [0.15, 0.2) is 0 Å². The van der Waals surface area contributed by atoms with Gasteiger partial charge >= 0.3 is 5.97 Å². The predicted octanol–water partition coefficient (Wildman–Crippen LogP) is 0.0225. The lowest BCUT2D eigenvalue weighted by Gasteiger charge is -2.27. The SMILES string of the molecule is CCNC(=O)C(C)N(CCOC)CCC(=O)OC. The van der Waals surface area contributed by atoms with Gasteiger partial charge in [0, 0.05) is 26.7 Å². The Hall–Kier alpha value is -1.14.